The van der Waals surface area contributed by atoms with Gasteiger partial charge in [0.1, 0.15) is 0 Å². The number of fused-ring (bicyclic) bond motifs is 1. The number of carboxylic acid groups (broad SMARTS) is 1. The number of aliphatic carboxylic acids is 1. The Labute approximate surface area is 97.3 Å². The molecule has 17 heavy (non-hydrogen) atoms. The smallest absolute Gasteiger partial charge is 0.328 e. The minimum absolute atomic E-state index is 0.320. The summed E-state index contributed by atoms with van der Waals surface area (Å²) in [5.74, 6) is -1.04. The highest BCUT2D eigenvalue weighted by atomic mass is 16.4. The van der Waals surface area contributed by atoms with E-state index in [1.54, 1.807) is 25.1 Å². The number of benzene rings is 1. The lowest BCUT2D eigenvalue weighted by Crippen LogP contribution is -2.31. The molecule has 0 fully saturated rings. The second kappa shape index (κ2) is 4.37. The van der Waals surface area contributed by atoms with E-state index in [9.17, 15) is 9.59 Å². The summed E-state index contributed by atoms with van der Waals surface area (Å²) in [7, 11) is 0. The average molecular weight is 232 g/mol. The van der Waals surface area contributed by atoms with Gasteiger partial charge in [-0.1, -0.05) is 25.1 Å². The molecule has 0 spiro atoms. The molecule has 1 aromatic carbocycles. The molecule has 0 bridgehead atoms. The van der Waals surface area contributed by atoms with Crippen molar-refractivity contribution in [1.29, 1.82) is 0 Å². The number of rotatable bonds is 3. The van der Waals surface area contributed by atoms with Gasteiger partial charge in [0.15, 0.2) is 6.04 Å². The van der Waals surface area contributed by atoms with E-state index in [1.807, 2.05) is 6.07 Å². The van der Waals surface area contributed by atoms with Crippen molar-refractivity contribution in [3.63, 3.8) is 0 Å². The number of hydrogen-bond acceptors (Lipinski definition) is 3. The topological polar surface area (TPSA) is 72.2 Å². The molecule has 0 aliphatic heterocycles. The standard InChI is InChI=1S/C12H12N2O3/c1-2-10(12(16)17)14-11(15)9-6-4-3-5-8(9)7-13-14/h3-7,10H,2H2,1H3,(H,16,17). The molecule has 1 heterocycles. The third kappa shape index (κ3) is 1.91. The van der Waals surface area contributed by atoms with Crippen LogP contribution in [0.3, 0.4) is 0 Å². The van der Waals surface area contributed by atoms with Crippen molar-refractivity contribution in [2.24, 2.45) is 0 Å². The molecule has 2 rings (SSSR count). The number of aromatic nitrogens is 2. The molecular formula is C12H12N2O3. The first-order valence-electron chi connectivity index (χ1n) is 5.34. The van der Waals surface area contributed by atoms with Crippen molar-refractivity contribution in [3.8, 4) is 0 Å². The molecule has 0 radical (unpaired) electrons. The molecule has 1 N–H and O–H groups in total. The fourth-order valence-corrected chi connectivity index (χ4v) is 1.78. The van der Waals surface area contributed by atoms with E-state index in [-0.39, 0.29) is 5.56 Å². The zero-order valence-corrected chi connectivity index (χ0v) is 9.33. The molecule has 0 aliphatic carbocycles. The summed E-state index contributed by atoms with van der Waals surface area (Å²) >= 11 is 0. The molecule has 2 aromatic rings. The SMILES string of the molecule is CCC(C(=O)O)n1ncc2ccccc2c1=O. The Hall–Kier alpha value is -2.17. The van der Waals surface area contributed by atoms with Crippen molar-refractivity contribution in [2.75, 3.05) is 0 Å². The minimum Gasteiger partial charge on any atom is -0.480 e. The maximum atomic E-state index is 12.1. The van der Waals surface area contributed by atoms with Crippen LogP contribution in [-0.4, -0.2) is 20.9 Å². The quantitative estimate of drug-likeness (QED) is 0.868. The molecular weight excluding hydrogens is 220 g/mol. The molecule has 1 atom stereocenters. The van der Waals surface area contributed by atoms with Crippen LogP contribution in [0.5, 0.6) is 0 Å². The van der Waals surface area contributed by atoms with E-state index in [0.717, 1.165) is 4.68 Å². The molecule has 1 unspecified atom stereocenters. The molecule has 1 aromatic heterocycles. The summed E-state index contributed by atoms with van der Waals surface area (Å²) in [6.45, 7) is 1.71. The van der Waals surface area contributed by atoms with Gasteiger partial charge < -0.3 is 5.11 Å². The van der Waals surface area contributed by atoms with Crippen LogP contribution in [0.15, 0.2) is 35.3 Å². The molecule has 5 nitrogen and oxygen atoms in total. The van der Waals surface area contributed by atoms with Crippen molar-refractivity contribution in [1.82, 2.24) is 9.78 Å². The molecule has 5 heteroatoms. The Bertz CT molecular complexity index is 618. The third-order valence-corrected chi connectivity index (χ3v) is 2.69. The van der Waals surface area contributed by atoms with Gasteiger partial charge in [0, 0.05) is 5.39 Å². The Balaban J connectivity index is 2.68. The van der Waals surface area contributed by atoms with Crippen LogP contribution in [0.2, 0.25) is 0 Å². The van der Waals surface area contributed by atoms with Crippen LogP contribution >= 0.6 is 0 Å². The molecule has 0 amide bonds. The zero-order valence-electron chi connectivity index (χ0n) is 9.33. The highest BCUT2D eigenvalue weighted by molar-refractivity contribution is 5.80. The van der Waals surface area contributed by atoms with Gasteiger partial charge >= 0.3 is 5.97 Å². The normalized spacial score (nSPS) is 12.5. The molecule has 0 aliphatic rings. The Morgan fingerprint density at radius 3 is 2.82 bits per heavy atom. The van der Waals surface area contributed by atoms with Crippen LogP contribution in [0.4, 0.5) is 0 Å². The van der Waals surface area contributed by atoms with Crippen LogP contribution < -0.4 is 5.56 Å². The summed E-state index contributed by atoms with van der Waals surface area (Å²) in [5, 5.41) is 14.2. The van der Waals surface area contributed by atoms with E-state index in [4.69, 9.17) is 5.11 Å². The van der Waals surface area contributed by atoms with Gasteiger partial charge in [-0.2, -0.15) is 5.10 Å². The second-order valence-corrected chi connectivity index (χ2v) is 3.74. The molecule has 0 saturated carbocycles. The van der Waals surface area contributed by atoms with E-state index in [2.05, 4.69) is 5.10 Å². The first-order valence-corrected chi connectivity index (χ1v) is 5.34. The van der Waals surface area contributed by atoms with Gasteiger partial charge in [-0.15, -0.1) is 0 Å². The lowest BCUT2D eigenvalue weighted by molar-refractivity contribution is -0.141. The summed E-state index contributed by atoms with van der Waals surface area (Å²) in [6.07, 6.45) is 1.84. The van der Waals surface area contributed by atoms with E-state index in [0.29, 0.717) is 17.2 Å². The maximum absolute atomic E-state index is 12.1. The van der Waals surface area contributed by atoms with Gasteiger partial charge in [0.2, 0.25) is 0 Å². The number of nitrogens with zero attached hydrogens (tertiary/aromatic N) is 2. The zero-order chi connectivity index (χ0) is 12.4. The predicted molar refractivity (Wildman–Crippen MR) is 63.0 cm³/mol. The lowest BCUT2D eigenvalue weighted by atomic mass is 10.2. The minimum atomic E-state index is -1.04. The van der Waals surface area contributed by atoms with Gasteiger partial charge in [0.05, 0.1) is 11.6 Å². The fourth-order valence-electron chi connectivity index (χ4n) is 1.78. The van der Waals surface area contributed by atoms with Crippen LogP contribution in [0.1, 0.15) is 19.4 Å². The number of carboxylic acids is 1. The van der Waals surface area contributed by atoms with Crippen molar-refractivity contribution in [2.45, 2.75) is 19.4 Å². The highest BCUT2D eigenvalue weighted by Gasteiger charge is 2.20. The number of hydrogen-bond donors (Lipinski definition) is 1. The first-order chi connectivity index (χ1) is 8.15. The van der Waals surface area contributed by atoms with Crippen LogP contribution in [0, 0.1) is 0 Å². The van der Waals surface area contributed by atoms with Crippen molar-refractivity contribution in [3.05, 3.63) is 40.8 Å². The summed E-state index contributed by atoms with van der Waals surface area (Å²) < 4.78 is 1.03. The first kappa shape index (κ1) is 11.3. The maximum Gasteiger partial charge on any atom is 0.328 e. The average Bonchev–Trinajstić information content (AvgIpc) is 2.33. The predicted octanol–water partition coefficient (Wildman–Crippen LogP) is 1.43. The third-order valence-electron chi connectivity index (χ3n) is 2.69. The second-order valence-electron chi connectivity index (χ2n) is 3.74. The monoisotopic (exact) mass is 232 g/mol. The van der Waals surface area contributed by atoms with Gasteiger partial charge in [-0.05, 0) is 12.5 Å². The van der Waals surface area contributed by atoms with Gasteiger partial charge in [0.25, 0.3) is 5.56 Å². The Morgan fingerprint density at radius 2 is 2.18 bits per heavy atom. The molecule has 0 saturated heterocycles. The van der Waals surface area contributed by atoms with Crippen molar-refractivity contribution < 1.29 is 9.90 Å². The highest BCUT2D eigenvalue weighted by Crippen LogP contribution is 2.11. The van der Waals surface area contributed by atoms with E-state index >= 15 is 0 Å². The summed E-state index contributed by atoms with van der Waals surface area (Å²) in [6, 6.07) is 6.09. The molecule has 88 valence electrons. The largest absolute Gasteiger partial charge is 0.480 e. The van der Waals surface area contributed by atoms with Gasteiger partial charge in [-0.3, -0.25) is 4.79 Å². The van der Waals surface area contributed by atoms with Crippen molar-refractivity contribution >= 4 is 16.7 Å². The number of carbonyl (C=O) groups is 1. The van der Waals surface area contributed by atoms with Crippen LogP contribution in [-0.2, 0) is 4.79 Å². The van der Waals surface area contributed by atoms with Crippen LogP contribution in [0.25, 0.3) is 10.8 Å². The Kier molecular flexibility index (Phi) is 2.91. The fraction of sp³-hybridized carbons (Fsp3) is 0.250. The van der Waals surface area contributed by atoms with E-state index in [1.165, 1.54) is 6.20 Å². The lowest BCUT2D eigenvalue weighted by Gasteiger charge is -2.12. The Morgan fingerprint density at radius 1 is 1.47 bits per heavy atom. The summed E-state index contributed by atoms with van der Waals surface area (Å²) in [5.41, 5.74) is -0.364. The van der Waals surface area contributed by atoms with E-state index < -0.39 is 12.0 Å². The van der Waals surface area contributed by atoms with Gasteiger partial charge in [-0.25, -0.2) is 9.48 Å². The summed E-state index contributed by atoms with van der Waals surface area (Å²) in [4.78, 5) is 23.1.